The van der Waals surface area contributed by atoms with Crippen molar-refractivity contribution in [3.8, 4) is 0 Å². The van der Waals surface area contributed by atoms with Crippen LogP contribution in [0.25, 0.3) is 0 Å². The molecule has 2 N–H and O–H groups in total. The van der Waals surface area contributed by atoms with Crippen molar-refractivity contribution in [1.82, 2.24) is 10.3 Å². The van der Waals surface area contributed by atoms with Gasteiger partial charge in [-0.25, -0.2) is 9.78 Å². The van der Waals surface area contributed by atoms with E-state index < -0.39 is 5.97 Å². The van der Waals surface area contributed by atoms with Crippen molar-refractivity contribution in [2.24, 2.45) is 0 Å². The van der Waals surface area contributed by atoms with Crippen LogP contribution in [0.2, 0.25) is 0 Å². The van der Waals surface area contributed by atoms with Crippen LogP contribution in [-0.4, -0.2) is 41.2 Å². The molecule has 1 saturated carbocycles. The Bertz CT molecular complexity index is 492. The molecule has 6 heteroatoms. The fourth-order valence-electron chi connectivity index (χ4n) is 2.06. The number of ether oxygens (including phenoxy) is 1. The number of pyridine rings is 1. The Hall–Kier alpha value is -1.95. The molecule has 1 aliphatic carbocycles. The van der Waals surface area contributed by atoms with Crippen LogP contribution in [0.5, 0.6) is 0 Å². The van der Waals surface area contributed by atoms with E-state index in [1.165, 1.54) is 18.3 Å². The summed E-state index contributed by atoms with van der Waals surface area (Å²) in [7, 11) is 1.64. The highest BCUT2D eigenvalue weighted by atomic mass is 16.5. The van der Waals surface area contributed by atoms with Crippen molar-refractivity contribution in [2.75, 3.05) is 13.7 Å². The number of methoxy groups -OCH3 is 1. The topological polar surface area (TPSA) is 88.5 Å². The van der Waals surface area contributed by atoms with E-state index in [0.717, 1.165) is 19.3 Å². The van der Waals surface area contributed by atoms with Crippen molar-refractivity contribution in [2.45, 2.75) is 24.9 Å². The number of aromatic carboxylic acids is 1. The second kappa shape index (κ2) is 5.36. The summed E-state index contributed by atoms with van der Waals surface area (Å²) in [5.41, 5.74) is -0.103. The van der Waals surface area contributed by atoms with E-state index in [-0.39, 0.29) is 22.8 Å². The first kappa shape index (κ1) is 13.5. The highest BCUT2D eigenvalue weighted by molar-refractivity contribution is 5.96. The molecule has 1 aromatic heterocycles. The number of hydrogen-bond acceptors (Lipinski definition) is 4. The van der Waals surface area contributed by atoms with Crippen LogP contribution in [0, 0.1) is 0 Å². The fraction of sp³-hybridized carbons (Fsp3) is 0.462. The summed E-state index contributed by atoms with van der Waals surface area (Å²) in [4.78, 5) is 26.4. The molecule has 0 spiro atoms. The molecule has 1 aromatic rings. The first-order valence-electron chi connectivity index (χ1n) is 6.09. The van der Waals surface area contributed by atoms with E-state index in [9.17, 15) is 9.59 Å². The Kier molecular flexibility index (Phi) is 3.80. The van der Waals surface area contributed by atoms with Gasteiger partial charge in [0.2, 0.25) is 0 Å². The summed E-state index contributed by atoms with van der Waals surface area (Å²) < 4.78 is 5.40. The molecule has 0 saturated heterocycles. The minimum Gasteiger partial charge on any atom is -0.477 e. The molecule has 0 aromatic carbocycles. The third-order valence-electron chi connectivity index (χ3n) is 3.51. The van der Waals surface area contributed by atoms with E-state index in [0.29, 0.717) is 6.54 Å². The number of aromatic nitrogens is 1. The summed E-state index contributed by atoms with van der Waals surface area (Å²) in [5, 5.41) is 11.6. The zero-order valence-electron chi connectivity index (χ0n) is 10.7. The maximum Gasteiger partial charge on any atom is 0.354 e. The van der Waals surface area contributed by atoms with E-state index in [1.54, 1.807) is 7.11 Å². The highest BCUT2D eigenvalue weighted by Crippen LogP contribution is 2.34. The minimum atomic E-state index is -1.15. The van der Waals surface area contributed by atoms with Crippen molar-refractivity contribution in [3.05, 3.63) is 29.6 Å². The lowest BCUT2D eigenvalue weighted by Gasteiger charge is -2.40. The zero-order valence-corrected chi connectivity index (χ0v) is 10.7. The first-order chi connectivity index (χ1) is 9.06. The van der Waals surface area contributed by atoms with Crippen molar-refractivity contribution in [1.29, 1.82) is 0 Å². The minimum absolute atomic E-state index is 0.141. The average Bonchev–Trinajstić information content (AvgIpc) is 2.38. The summed E-state index contributed by atoms with van der Waals surface area (Å²) in [6.07, 6.45) is 4.27. The van der Waals surface area contributed by atoms with Gasteiger partial charge in [0.1, 0.15) is 5.69 Å². The van der Waals surface area contributed by atoms with Crippen molar-refractivity contribution in [3.63, 3.8) is 0 Å². The van der Waals surface area contributed by atoms with Gasteiger partial charge in [-0.3, -0.25) is 4.79 Å². The van der Waals surface area contributed by atoms with Crippen LogP contribution in [-0.2, 0) is 4.74 Å². The fourth-order valence-corrected chi connectivity index (χ4v) is 2.06. The van der Waals surface area contributed by atoms with Crippen LogP contribution in [0.4, 0.5) is 0 Å². The van der Waals surface area contributed by atoms with E-state index in [2.05, 4.69) is 10.3 Å². The predicted octanol–water partition coefficient (Wildman–Crippen LogP) is 1.08. The van der Waals surface area contributed by atoms with E-state index in [1.807, 2.05) is 0 Å². The molecule has 1 heterocycles. The molecule has 2 rings (SSSR count). The number of hydrogen-bond donors (Lipinski definition) is 2. The van der Waals surface area contributed by atoms with Gasteiger partial charge in [-0.2, -0.15) is 0 Å². The molecule has 0 atom stereocenters. The maximum absolute atomic E-state index is 11.9. The van der Waals surface area contributed by atoms with Gasteiger partial charge in [0.15, 0.2) is 0 Å². The van der Waals surface area contributed by atoms with Crippen LogP contribution < -0.4 is 5.32 Å². The number of carboxylic acids is 1. The standard InChI is InChI=1S/C13H16N2O4/c1-19-13(4-2-5-13)8-15-11(16)9-3-6-14-10(7-9)12(17)18/h3,6-7H,2,4-5,8H2,1H3,(H,15,16)(H,17,18). The van der Waals surface area contributed by atoms with Crippen molar-refractivity contribution >= 4 is 11.9 Å². The maximum atomic E-state index is 11.9. The lowest BCUT2D eigenvalue weighted by Crippen LogP contribution is -2.49. The van der Waals surface area contributed by atoms with Gasteiger partial charge >= 0.3 is 5.97 Å². The lowest BCUT2D eigenvalue weighted by atomic mass is 9.80. The Morgan fingerprint density at radius 1 is 1.53 bits per heavy atom. The van der Waals surface area contributed by atoms with Gasteiger partial charge in [0.25, 0.3) is 5.91 Å². The zero-order chi connectivity index (χ0) is 13.9. The predicted molar refractivity (Wildman–Crippen MR) is 67.1 cm³/mol. The van der Waals surface area contributed by atoms with Crippen LogP contribution in [0.15, 0.2) is 18.3 Å². The second-order valence-electron chi connectivity index (χ2n) is 4.66. The normalized spacial score (nSPS) is 16.5. The molecule has 102 valence electrons. The largest absolute Gasteiger partial charge is 0.477 e. The van der Waals surface area contributed by atoms with E-state index >= 15 is 0 Å². The number of nitrogens with one attached hydrogen (secondary N) is 1. The number of amides is 1. The highest BCUT2D eigenvalue weighted by Gasteiger charge is 2.37. The number of carbonyl (C=O) groups excluding carboxylic acids is 1. The van der Waals surface area contributed by atoms with Gasteiger partial charge in [-0.15, -0.1) is 0 Å². The molecule has 1 fully saturated rings. The smallest absolute Gasteiger partial charge is 0.354 e. The Balaban J connectivity index is 2.00. The molecule has 1 amide bonds. The third kappa shape index (κ3) is 2.90. The lowest BCUT2D eigenvalue weighted by molar-refractivity contribution is -0.0679. The summed E-state index contributed by atoms with van der Waals surface area (Å²) in [6, 6.07) is 2.75. The molecule has 0 unspecified atom stereocenters. The molecule has 19 heavy (non-hydrogen) atoms. The number of nitrogens with zero attached hydrogens (tertiary/aromatic N) is 1. The first-order valence-corrected chi connectivity index (χ1v) is 6.09. The third-order valence-corrected chi connectivity index (χ3v) is 3.51. The second-order valence-corrected chi connectivity index (χ2v) is 4.66. The Labute approximate surface area is 110 Å². The number of carboxylic acid groups (broad SMARTS) is 1. The SMILES string of the molecule is COC1(CNC(=O)c2ccnc(C(=O)O)c2)CCC1. The monoisotopic (exact) mass is 264 g/mol. The Morgan fingerprint density at radius 2 is 2.26 bits per heavy atom. The van der Waals surface area contributed by atoms with Gasteiger partial charge in [0, 0.05) is 25.4 Å². The van der Waals surface area contributed by atoms with E-state index in [4.69, 9.17) is 9.84 Å². The van der Waals surface area contributed by atoms with Crippen LogP contribution >= 0.6 is 0 Å². The molecule has 0 radical (unpaired) electrons. The van der Waals surface area contributed by atoms with Gasteiger partial charge in [0.05, 0.1) is 5.60 Å². The molecular weight excluding hydrogens is 248 g/mol. The molecular formula is C13H16N2O4. The molecule has 6 nitrogen and oxygen atoms in total. The van der Waals surface area contributed by atoms with Gasteiger partial charge < -0.3 is 15.2 Å². The van der Waals surface area contributed by atoms with Gasteiger partial charge in [-0.1, -0.05) is 0 Å². The molecule has 0 aliphatic heterocycles. The molecule has 0 bridgehead atoms. The number of carbonyl (C=O) groups is 2. The Morgan fingerprint density at radius 3 is 2.79 bits per heavy atom. The molecule has 1 aliphatic rings. The number of rotatable bonds is 5. The average molecular weight is 264 g/mol. The van der Waals surface area contributed by atoms with Crippen LogP contribution in [0.1, 0.15) is 40.1 Å². The van der Waals surface area contributed by atoms with Crippen molar-refractivity contribution < 1.29 is 19.4 Å². The summed E-state index contributed by atoms with van der Waals surface area (Å²) >= 11 is 0. The quantitative estimate of drug-likeness (QED) is 0.830. The van der Waals surface area contributed by atoms with Gasteiger partial charge in [-0.05, 0) is 31.4 Å². The van der Waals surface area contributed by atoms with Crippen LogP contribution in [0.3, 0.4) is 0 Å². The summed E-state index contributed by atoms with van der Waals surface area (Å²) in [6.45, 7) is 0.438. The summed E-state index contributed by atoms with van der Waals surface area (Å²) in [5.74, 6) is -1.46.